The average Bonchev–Trinajstić information content (AvgIpc) is 2.99. The zero-order chi connectivity index (χ0) is 19.8. The van der Waals surface area contributed by atoms with E-state index in [0.29, 0.717) is 27.9 Å². The number of nitrogen functional groups attached to an aromatic ring is 1. The van der Waals surface area contributed by atoms with Crippen LogP contribution in [0.15, 0.2) is 42.5 Å². The van der Waals surface area contributed by atoms with Crippen LogP contribution in [-0.2, 0) is 0 Å². The Morgan fingerprint density at radius 2 is 2.07 bits per heavy atom. The number of pyridine rings is 1. The van der Waals surface area contributed by atoms with E-state index in [-0.39, 0.29) is 5.91 Å². The largest absolute Gasteiger partial charge is 0.494 e. The van der Waals surface area contributed by atoms with E-state index in [4.69, 9.17) is 22.1 Å². The van der Waals surface area contributed by atoms with Gasteiger partial charge in [0, 0.05) is 21.5 Å². The van der Waals surface area contributed by atoms with Gasteiger partial charge in [-0.2, -0.15) is 0 Å². The molecule has 0 bridgehead atoms. The number of benzene rings is 2. The van der Waals surface area contributed by atoms with Crippen molar-refractivity contribution in [2.24, 2.45) is 0 Å². The van der Waals surface area contributed by atoms with Crippen molar-refractivity contribution >= 4 is 61.3 Å². The molecule has 0 saturated carbocycles. The fourth-order valence-electron chi connectivity index (χ4n) is 2.97. The molecule has 28 heavy (non-hydrogen) atoms. The van der Waals surface area contributed by atoms with Gasteiger partial charge in [-0.3, -0.25) is 4.79 Å². The number of nitrogens with zero attached hydrogens (tertiary/aromatic N) is 1. The highest BCUT2D eigenvalue weighted by molar-refractivity contribution is 7.21. The summed E-state index contributed by atoms with van der Waals surface area (Å²) in [6.45, 7) is 4.44. The van der Waals surface area contributed by atoms with Crippen LogP contribution in [0.5, 0.6) is 5.75 Å². The molecular weight excluding hydrogens is 394 g/mol. The maximum atomic E-state index is 12.8. The second-order valence-electron chi connectivity index (χ2n) is 6.39. The van der Waals surface area contributed by atoms with Crippen LogP contribution in [-0.4, -0.2) is 17.5 Å². The number of nitrogens with one attached hydrogen (secondary N) is 1. The van der Waals surface area contributed by atoms with Gasteiger partial charge in [-0.05, 0) is 55.8 Å². The summed E-state index contributed by atoms with van der Waals surface area (Å²) < 4.78 is 5.55. The molecule has 2 aromatic carbocycles. The van der Waals surface area contributed by atoms with Gasteiger partial charge in [0.2, 0.25) is 0 Å². The van der Waals surface area contributed by atoms with E-state index in [0.717, 1.165) is 32.4 Å². The Balaban J connectivity index is 1.72. The lowest BCUT2D eigenvalue weighted by Crippen LogP contribution is -2.11. The van der Waals surface area contributed by atoms with Gasteiger partial charge in [0.25, 0.3) is 5.91 Å². The van der Waals surface area contributed by atoms with E-state index in [9.17, 15) is 4.79 Å². The van der Waals surface area contributed by atoms with Gasteiger partial charge >= 0.3 is 0 Å². The first kappa shape index (κ1) is 18.5. The molecule has 2 aromatic heterocycles. The Hall–Kier alpha value is -2.83. The quantitative estimate of drug-likeness (QED) is 0.455. The van der Waals surface area contributed by atoms with E-state index in [1.54, 1.807) is 6.07 Å². The molecule has 2 heterocycles. The Kier molecular flexibility index (Phi) is 4.83. The first-order chi connectivity index (χ1) is 13.5. The zero-order valence-electron chi connectivity index (χ0n) is 15.4. The van der Waals surface area contributed by atoms with Crippen LogP contribution in [0.3, 0.4) is 0 Å². The Morgan fingerprint density at radius 3 is 2.82 bits per heavy atom. The highest BCUT2D eigenvalue weighted by Gasteiger charge is 2.18. The van der Waals surface area contributed by atoms with Crippen LogP contribution in [0.1, 0.15) is 22.2 Å². The number of hydrogen-bond donors (Lipinski definition) is 2. The number of carbonyl (C=O) groups excluding carboxylic acids is 1. The molecule has 0 fully saturated rings. The lowest BCUT2D eigenvalue weighted by Gasteiger charge is -2.06. The molecular formula is C21H18ClN3O2S. The summed E-state index contributed by atoms with van der Waals surface area (Å²) in [5.74, 6) is 0.499. The number of aryl methyl sites for hydroxylation is 1. The van der Waals surface area contributed by atoms with Crippen molar-refractivity contribution in [1.29, 1.82) is 0 Å². The summed E-state index contributed by atoms with van der Waals surface area (Å²) in [5.41, 5.74) is 9.11. The predicted octanol–water partition coefficient (Wildman–Crippen LogP) is 5.64. The lowest BCUT2D eigenvalue weighted by molar-refractivity contribution is 0.103. The summed E-state index contributed by atoms with van der Waals surface area (Å²) in [4.78, 5) is 18.6. The van der Waals surface area contributed by atoms with E-state index in [2.05, 4.69) is 10.3 Å². The highest BCUT2D eigenvalue weighted by Crippen LogP contribution is 2.36. The third-order valence-electron chi connectivity index (χ3n) is 4.43. The van der Waals surface area contributed by atoms with Crippen LogP contribution >= 0.6 is 22.9 Å². The summed E-state index contributed by atoms with van der Waals surface area (Å²) in [6.07, 6.45) is 0. The average molecular weight is 412 g/mol. The second kappa shape index (κ2) is 7.30. The molecule has 4 rings (SSSR count). The Labute approximate surface area is 171 Å². The van der Waals surface area contributed by atoms with Gasteiger partial charge in [0.05, 0.1) is 17.8 Å². The normalized spacial score (nSPS) is 11.1. The number of rotatable bonds is 4. The van der Waals surface area contributed by atoms with Crippen LogP contribution in [0, 0.1) is 6.92 Å². The van der Waals surface area contributed by atoms with E-state index < -0.39 is 0 Å². The number of anilines is 2. The van der Waals surface area contributed by atoms with Gasteiger partial charge in [0.1, 0.15) is 15.5 Å². The number of fused-ring (bicyclic) bond motifs is 2. The molecule has 7 heteroatoms. The van der Waals surface area contributed by atoms with Gasteiger partial charge in [-0.25, -0.2) is 4.98 Å². The first-order valence-electron chi connectivity index (χ1n) is 8.79. The predicted molar refractivity (Wildman–Crippen MR) is 117 cm³/mol. The van der Waals surface area contributed by atoms with Crippen molar-refractivity contribution in [2.75, 3.05) is 17.7 Å². The highest BCUT2D eigenvalue weighted by atomic mass is 35.5. The van der Waals surface area contributed by atoms with Gasteiger partial charge < -0.3 is 15.8 Å². The molecule has 0 aliphatic heterocycles. The van der Waals surface area contributed by atoms with Crippen LogP contribution < -0.4 is 15.8 Å². The molecule has 1 amide bonds. The van der Waals surface area contributed by atoms with Crippen molar-refractivity contribution in [3.8, 4) is 5.75 Å². The molecule has 0 radical (unpaired) electrons. The first-order valence-corrected chi connectivity index (χ1v) is 9.99. The maximum absolute atomic E-state index is 12.8. The summed E-state index contributed by atoms with van der Waals surface area (Å²) in [6, 6.07) is 13.1. The molecule has 0 spiro atoms. The molecule has 0 saturated heterocycles. The third-order valence-corrected chi connectivity index (χ3v) is 5.95. The minimum Gasteiger partial charge on any atom is -0.494 e. The number of thiophene rings is 1. The fourth-order valence-corrected chi connectivity index (χ4v) is 4.13. The summed E-state index contributed by atoms with van der Waals surface area (Å²) in [7, 11) is 0. The Morgan fingerprint density at radius 1 is 1.25 bits per heavy atom. The van der Waals surface area contributed by atoms with Crippen molar-refractivity contribution in [1.82, 2.24) is 4.98 Å². The molecule has 0 unspecified atom stereocenters. The topological polar surface area (TPSA) is 77.2 Å². The number of aromatic nitrogens is 1. The standard InChI is InChI=1S/C21H18ClN3O2S/c1-3-27-14-6-7-17-12(8-14)9-15-18(23)19(28-21(15)25-17)20(26)24-13-5-4-11(2)16(22)10-13/h4-10H,3,23H2,1-2H3,(H,24,26). The van der Waals surface area contributed by atoms with Gasteiger partial charge in [0.15, 0.2) is 0 Å². The molecule has 142 valence electrons. The van der Waals surface area contributed by atoms with Crippen molar-refractivity contribution in [3.05, 3.63) is 57.9 Å². The Bertz CT molecular complexity index is 1220. The number of carbonyl (C=O) groups is 1. The summed E-state index contributed by atoms with van der Waals surface area (Å²) >= 11 is 7.42. The minimum atomic E-state index is -0.278. The van der Waals surface area contributed by atoms with Crippen LogP contribution in [0.2, 0.25) is 5.02 Å². The lowest BCUT2D eigenvalue weighted by atomic mass is 10.1. The van der Waals surface area contributed by atoms with E-state index in [1.165, 1.54) is 11.3 Å². The monoisotopic (exact) mass is 411 g/mol. The fraction of sp³-hybridized carbons (Fsp3) is 0.143. The molecule has 3 N–H and O–H groups in total. The number of nitrogens with two attached hydrogens (primary N) is 1. The second-order valence-corrected chi connectivity index (χ2v) is 7.80. The minimum absolute atomic E-state index is 0.278. The molecule has 5 nitrogen and oxygen atoms in total. The van der Waals surface area contributed by atoms with Crippen molar-refractivity contribution in [3.63, 3.8) is 0 Å². The third kappa shape index (κ3) is 3.37. The van der Waals surface area contributed by atoms with Crippen molar-refractivity contribution in [2.45, 2.75) is 13.8 Å². The number of amides is 1. The molecule has 0 aliphatic rings. The van der Waals surface area contributed by atoms with E-state index in [1.807, 2.05) is 50.2 Å². The number of halogens is 1. The summed E-state index contributed by atoms with van der Waals surface area (Å²) in [5, 5.41) is 5.13. The van der Waals surface area contributed by atoms with Crippen molar-refractivity contribution < 1.29 is 9.53 Å². The van der Waals surface area contributed by atoms with E-state index >= 15 is 0 Å². The maximum Gasteiger partial charge on any atom is 0.267 e. The molecule has 0 aliphatic carbocycles. The van der Waals surface area contributed by atoms with Crippen LogP contribution in [0.25, 0.3) is 21.1 Å². The van der Waals surface area contributed by atoms with Crippen LogP contribution in [0.4, 0.5) is 11.4 Å². The molecule has 4 aromatic rings. The smallest absolute Gasteiger partial charge is 0.267 e. The number of ether oxygens (including phenoxy) is 1. The number of hydrogen-bond acceptors (Lipinski definition) is 5. The zero-order valence-corrected chi connectivity index (χ0v) is 16.9. The molecule has 0 atom stereocenters. The van der Waals surface area contributed by atoms with Gasteiger partial charge in [-0.1, -0.05) is 17.7 Å². The SMILES string of the molecule is CCOc1ccc2nc3sc(C(=O)Nc4ccc(C)c(Cl)c4)c(N)c3cc2c1. The van der Waals surface area contributed by atoms with Gasteiger partial charge in [-0.15, -0.1) is 11.3 Å².